The summed E-state index contributed by atoms with van der Waals surface area (Å²) >= 11 is 0. The summed E-state index contributed by atoms with van der Waals surface area (Å²) in [4.78, 5) is 13.5. The Morgan fingerprint density at radius 3 is 0.916 bits per heavy atom. The van der Waals surface area contributed by atoms with Crippen LogP contribution in [-0.4, -0.2) is 193 Å². The van der Waals surface area contributed by atoms with E-state index in [1.165, 1.54) is 270 Å². The topological polar surface area (TPSA) is 307 Å². The van der Waals surface area contributed by atoms with E-state index >= 15 is 0 Å². The molecule has 0 aromatic heterocycles. The molecule has 3 fully saturated rings. The minimum absolute atomic E-state index is 0.233. The van der Waals surface area contributed by atoms with Crippen molar-refractivity contribution in [2.75, 3.05) is 26.4 Å². The number of ether oxygens (including phenoxy) is 6. The molecule has 0 aromatic carbocycles. The van der Waals surface area contributed by atoms with Crippen molar-refractivity contribution >= 4 is 5.91 Å². The molecule has 12 N–H and O–H groups in total. The van der Waals surface area contributed by atoms with Gasteiger partial charge in [0.05, 0.1) is 38.6 Å². The second-order valence-electron chi connectivity index (χ2n) is 28.9. The lowest BCUT2D eigenvalue weighted by molar-refractivity contribution is -0.379. The largest absolute Gasteiger partial charge is 0.394 e. The number of carbonyl (C=O) groups is 1. The van der Waals surface area contributed by atoms with Gasteiger partial charge in [-0.3, -0.25) is 4.79 Å². The van der Waals surface area contributed by atoms with Gasteiger partial charge in [0.25, 0.3) is 0 Å². The van der Waals surface area contributed by atoms with E-state index in [1.54, 1.807) is 0 Å². The van der Waals surface area contributed by atoms with Crippen LogP contribution in [0.15, 0.2) is 0 Å². The zero-order valence-electron chi connectivity index (χ0n) is 60.2. The molecule has 0 bridgehead atoms. The maximum atomic E-state index is 13.5. The molecule has 17 atom stereocenters. The van der Waals surface area contributed by atoms with Crippen LogP contribution in [0.5, 0.6) is 0 Å². The van der Waals surface area contributed by atoms with Gasteiger partial charge in [-0.15, -0.1) is 0 Å². The number of aliphatic hydroxyl groups is 11. The van der Waals surface area contributed by atoms with Gasteiger partial charge in [-0.2, -0.15) is 0 Å². The van der Waals surface area contributed by atoms with E-state index in [1.807, 2.05) is 0 Å². The predicted octanol–water partition coefficient (Wildman–Crippen LogP) is 12.6. The molecule has 1 amide bonds. The molecule has 0 aliphatic carbocycles. The van der Waals surface area contributed by atoms with Crippen LogP contribution >= 0.6 is 0 Å². The van der Waals surface area contributed by atoms with E-state index in [2.05, 4.69) is 19.2 Å². The van der Waals surface area contributed by atoms with Crippen LogP contribution in [-0.2, 0) is 33.2 Å². The minimum Gasteiger partial charge on any atom is -0.394 e. The molecular formula is C76H147NO18. The first kappa shape index (κ1) is 88.0. The summed E-state index contributed by atoms with van der Waals surface area (Å²) < 4.78 is 34.5. The molecule has 564 valence electrons. The molecule has 95 heavy (non-hydrogen) atoms. The molecule has 3 heterocycles. The Labute approximate surface area is 576 Å². The summed E-state index contributed by atoms with van der Waals surface area (Å²) in [5.74, 6) is -0.233. The van der Waals surface area contributed by atoms with Gasteiger partial charge in [0, 0.05) is 6.42 Å². The normalized spacial score (nSPS) is 27.1. The van der Waals surface area contributed by atoms with Gasteiger partial charge in [-0.05, 0) is 12.8 Å². The van der Waals surface area contributed by atoms with Crippen molar-refractivity contribution in [1.82, 2.24) is 5.32 Å². The molecular weight excluding hydrogens is 1210 g/mol. The van der Waals surface area contributed by atoms with Gasteiger partial charge in [0.15, 0.2) is 18.9 Å². The van der Waals surface area contributed by atoms with Crippen LogP contribution in [0.25, 0.3) is 0 Å². The molecule has 19 heteroatoms. The van der Waals surface area contributed by atoms with Crippen LogP contribution in [0.1, 0.15) is 348 Å². The van der Waals surface area contributed by atoms with Crippen molar-refractivity contribution in [2.24, 2.45) is 0 Å². The first-order valence-corrected chi connectivity index (χ1v) is 39.8. The van der Waals surface area contributed by atoms with Crippen molar-refractivity contribution in [3.8, 4) is 0 Å². The average Bonchev–Trinajstić information content (AvgIpc) is 0.787. The van der Waals surface area contributed by atoms with E-state index in [-0.39, 0.29) is 18.9 Å². The Hall–Kier alpha value is -1.21. The standard InChI is InChI=1S/C76H147NO18/c1-3-5-7-9-11-13-15-17-19-21-23-25-27-28-29-30-31-32-33-35-37-39-41-43-45-47-49-51-53-60(81)59(77-64(82)54-52-50-48-46-44-42-40-38-36-34-26-24-22-20-18-16-14-12-10-8-6-4-2)58-90-74-70(88)67(85)72(62(56-79)92-74)95-76-71(89)68(86)73(63(57-80)93-76)94-75-69(87)66(84)65(83)61(55-78)91-75/h59-63,65-76,78-81,83-89H,3-58H2,1-2H3,(H,77,82). The quantitative estimate of drug-likeness (QED) is 0.0252. The Morgan fingerprint density at radius 1 is 0.337 bits per heavy atom. The lowest BCUT2D eigenvalue weighted by atomic mass is 9.96. The molecule has 19 nitrogen and oxygen atoms in total. The molecule has 0 saturated carbocycles. The van der Waals surface area contributed by atoms with Gasteiger partial charge >= 0.3 is 0 Å². The highest BCUT2D eigenvalue weighted by Crippen LogP contribution is 2.33. The van der Waals surface area contributed by atoms with Gasteiger partial charge in [0.2, 0.25) is 5.91 Å². The maximum Gasteiger partial charge on any atom is 0.220 e. The highest BCUT2D eigenvalue weighted by atomic mass is 16.8. The Bertz CT molecular complexity index is 1720. The number of aliphatic hydroxyl groups excluding tert-OH is 11. The fourth-order valence-corrected chi connectivity index (χ4v) is 14.0. The maximum absolute atomic E-state index is 13.5. The van der Waals surface area contributed by atoms with Crippen molar-refractivity contribution in [3.63, 3.8) is 0 Å². The molecule has 3 aliphatic rings. The van der Waals surface area contributed by atoms with Crippen molar-refractivity contribution in [2.45, 2.75) is 452 Å². The molecule has 0 radical (unpaired) electrons. The lowest BCUT2D eigenvalue weighted by Gasteiger charge is -2.48. The summed E-state index contributed by atoms with van der Waals surface area (Å²) in [7, 11) is 0. The third-order valence-electron chi connectivity index (χ3n) is 20.4. The van der Waals surface area contributed by atoms with Crippen LogP contribution in [0, 0.1) is 0 Å². The van der Waals surface area contributed by atoms with Crippen molar-refractivity contribution in [1.29, 1.82) is 0 Å². The first-order chi connectivity index (χ1) is 46.3. The first-order valence-electron chi connectivity index (χ1n) is 39.8. The highest BCUT2D eigenvalue weighted by molar-refractivity contribution is 5.76. The highest BCUT2D eigenvalue weighted by Gasteiger charge is 2.54. The Kier molecular flexibility index (Phi) is 54.0. The number of carbonyl (C=O) groups excluding carboxylic acids is 1. The second-order valence-corrected chi connectivity index (χ2v) is 28.9. The number of hydrogen-bond donors (Lipinski definition) is 12. The van der Waals surface area contributed by atoms with Gasteiger partial charge in [-0.25, -0.2) is 0 Å². The van der Waals surface area contributed by atoms with Crippen molar-refractivity contribution < 1.29 is 89.4 Å². The van der Waals surface area contributed by atoms with Gasteiger partial charge in [-0.1, -0.05) is 328 Å². The Morgan fingerprint density at radius 2 is 0.600 bits per heavy atom. The van der Waals surface area contributed by atoms with Crippen LogP contribution in [0.4, 0.5) is 0 Å². The predicted molar refractivity (Wildman–Crippen MR) is 374 cm³/mol. The zero-order chi connectivity index (χ0) is 68.9. The van der Waals surface area contributed by atoms with Crippen LogP contribution in [0.2, 0.25) is 0 Å². The van der Waals surface area contributed by atoms with Crippen molar-refractivity contribution in [3.05, 3.63) is 0 Å². The SMILES string of the molecule is CCCCCCCCCCCCCCCCCCCCCCCCCCCCCCC(O)C(COC1OC(CO)C(OC2OC(CO)C(OC3OC(CO)C(O)C(O)C3O)C(O)C2O)C(O)C1O)NC(=O)CCCCCCCCCCCCCCCCCCCCCCCC. The molecule has 3 rings (SSSR count). The number of unbranched alkanes of at least 4 members (excludes halogenated alkanes) is 48. The average molecular weight is 1360 g/mol. The molecule has 3 aliphatic heterocycles. The third-order valence-corrected chi connectivity index (χ3v) is 20.4. The number of amides is 1. The molecule has 17 unspecified atom stereocenters. The molecule has 0 aromatic rings. The molecule has 0 spiro atoms. The van der Waals surface area contributed by atoms with E-state index in [0.29, 0.717) is 12.8 Å². The van der Waals surface area contributed by atoms with Gasteiger partial charge < -0.3 is 89.9 Å². The van der Waals surface area contributed by atoms with Crippen LogP contribution in [0.3, 0.4) is 0 Å². The van der Waals surface area contributed by atoms with E-state index in [9.17, 15) is 61.0 Å². The summed E-state index contributed by atoms with van der Waals surface area (Å²) in [6.07, 6.45) is 39.0. The zero-order valence-corrected chi connectivity index (χ0v) is 60.2. The Balaban J connectivity index is 1.37. The monoisotopic (exact) mass is 1360 g/mol. The smallest absolute Gasteiger partial charge is 0.220 e. The van der Waals surface area contributed by atoms with Gasteiger partial charge in [0.1, 0.15) is 73.2 Å². The summed E-state index contributed by atoms with van der Waals surface area (Å²) in [6.45, 7) is 1.87. The summed E-state index contributed by atoms with van der Waals surface area (Å²) in [5, 5.41) is 121. The number of hydrogen-bond acceptors (Lipinski definition) is 18. The van der Waals surface area contributed by atoms with E-state index in [0.717, 1.165) is 44.9 Å². The second kappa shape index (κ2) is 58.3. The fourth-order valence-electron chi connectivity index (χ4n) is 14.0. The number of nitrogens with one attached hydrogen (secondary N) is 1. The van der Waals surface area contributed by atoms with E-state index < -0.39 is 124 Å². The van der Waals surface area contributed by atoms with Crippen LogP contribution < -0.4 is 5.32 Å². The molecule has 3 saturated heterocycles. The third kappa shape index (κ3) is 39.1. The number of rotatable bonds is 64. The van der Waals surface area contributed by atoms with E-state index in [4.69, 9.17) is 28.4 Å². The summed E-state index contributed by atoms with van der Waals surface area (Å²) in [5.41, 5.74) is 0. The summed E-state index contributed by atoms with van der Waals surface area (Å²) in [6, 6.07) is -0.883. The minimum atomic E-state index is -1.97. The fraction of sp³-hybridized carbons (Fsp3) is 0.987. The lowest BCUT2D eigenvalue weighted by Crippen LogP contribution is -2.66.